The second-order valence-corrected chi connectivity index (χ2v) is 13.3. The fraction of sp³-hybridized carbons (Fsp3) is 0.483. The van der Waals surface area contributed by atoms with Crippen LogP contribution in [0.3, 0.4) is 0 Å². The molecule has 1 aliphatic rings. The molecule has 2 aromatic carbocycles. The van der Waals surface area contributed by atoms with Crippen LogP contribution in [0.25, 0.3) is 0 Å². The number of aliphatic hydroxyl groups is 1. The molecule has 2 N–H and O–H groups in total. The number of hydrogen-bond donors (Lipinski definition) is 2. The van der Waals surface area contributed by atoms with Gasteiger partial charge in [0.05, 0.1) is 48.2 Å². The maximum atomic E-state index is 14.4. The van der Waals surface area contributed by atoms with E-state index in [-0.39, 0.29) is 18.2 Å². The molecular formula is C29H35Cl3N2O10S. The van der Waals surface area contributed by atoms with E-state index in [0.29, 0.717) is 39.7 Å². The van der Waals surface area contributed by atoms with E-state index in [1.165, 1.54) is 26.2 Å². The summed E-state index contributed by atoms with van der Waals surface area (Å²) in [7, 11) is 7.11. The fourth-order valence-electron chi connectivity index (χ4n) is 5.02. The molecule has 12 nitrogen and oxygen atoms in total. The zero-order valence-corrected chi connectivity index (χ0v) is 28.6. The molecule has 248 valence electrons. The van der Waals surface area contributed by atoms with Crippen molar-refractivity contribution < 1.29 is 47.9 Å². The largest absolute Gasteiger partial charge is 0.497 e. The molecule has 3 atom stereocenters. The van der Waals surface area contributed by atoms with Crippen molar-refractivity contribution in [2.75, 3.05) is 54.5 Å². The first-order valence-corrected chi connectivity index (χ1v) is 15.6. The van der Waals surface area contributed by atoms with Crippen molar-refractivity contribution in [3.63, 3.8) is 0 Å². The van der Waals surface area contributed by atoms with Crippen LogP contribution in [-0.4, -0.2) is 92.3 Å². The Morgan fingerprint density at radius 2 is 1.60 bits per heavy atom. The molecule has 2 aromatic rings. The van der Waals surface area contributed by atoms with Crippen LogP contribution in [0.4, 0.5) is 4.79 Å². The third-order valence-corrected chi connectivity index (χ3v) is 8.64. The van der Waals surface area contributed by atoms with E-state index < -0.39 is 46.4 Å². The van der Waals surface area contributed by atoms with Gasteiger partial charge in [-0.05, 0) is 24.6 Å². The van der Waals surface area contributed by atoms with Gasteiger partial charge in [0, 0.05) is 29.0 Å². The van der Waals surface area contributed by atoms with Gasteiger partial charge in [0.15, 0.2) is 11.5 Å². The SMILES string of the molecule is COC(=O)[C@H](CS[C@H]1C(=O)N(Cc2ccc(OC)cc2)[C@@H](CO)c2c(OC)c(OC)c(C)c(OC)c21)NC(=O)OCC(Cl)(Cl)Cl. The molecule has 0 aliphatic carbocycles. The second kappa shape index (κ2) is 16.0. The molecule has 2 amide bonds. The Balaban J connectivity index is 2.11. The Hall–Kier alpha value is -2.97. The summed E-state index contributed by atoms with van der Waals surface area (Å²) in [5.74, 6) is 0.371. The Kier molecular flexibility index (Phi) is 13.0. The first kappa shape index (κ1) is 36.5. The normalized spacial score (nSPS) is 16.8. The quantitative estimate of drug-likeness (QED) is 0.224. The van der Waals surface area contributed by atoms with Gasteiger partial charge < -0.3 is 43.7 Å². The van der Waals surface area contributed by atoms with E-state index in [2.05, 4.69) is 5.32 Å². The predicted molar refractivity (Wildman–Crippen MR) is 170 cm³/mol. The van der Waals surface area contributed by atoms with Gasteiger partial charge in [0.25, 0.3) is 0 Å². The number of ether oxygens (including phenoxy) is 6. The molecule has 0 aromatic heterocycles. The van der Waals surface area contributed by atoms with Crippen molar-refractivity contribution in [3.8, 4) is 23.0 Å². The Bertz CT molecular complexity index is 1370. The van der Waals surface area contributed by atoms with Crippen LogP contribution in [0.5, 0.6) is 23.0 Å². The highest BCUT2D eigenvalue weighted by atomic mass is 35.6. The van der Waals surface area contributed by atoms with E-state index in [4.69, 9.17) is 63.2 Å². The van der Waals surface area contributed by atoms with Crippen LogP contribution in [0.15, 0.2) is 24.3 Å². The third kappa shape index (κ3) is 8.44. The monoisotopic (exact) mass is 708 g/mol. The van der Waals surface area contributed by atoms with Crippen molar-refractivity contribution in [2.45, 2.75) is 34.6 Å². The average molecular weight is 710 g/mol. The average Bonchev–Trinajstić information content (AvgIpc) is 3.02. The van der Waals surface area contributed by atoms with Gasteiger partial charge >= 0.3 is 12.1 Å². The van der Waals surface area contributed by atoms with Crippen LogP contribution in [0, 0.1) is 6.92 Å². The molecule has 0 spiro atoms. The molecule has 45 heavy (non-hydrogen) atoms. The minimum atomic E-state index is -1.86. The number of halogens is 3. The van der Waals surface area contributed by atoms with Crippen molar-refractivity contribution >= 4 is 64.5 Å². The van der Waals surface area contributed by atoms with E-state index in [0.717, 1.165) is 24.4 Å². The molecule has 1 heterocycles. The number of carbonyl (C=O) groups is 3. The van der Waals surface area contributed by atoms with Crippen molar-refractivity contribution in [2.24, 2.45) is 0 Å². The number of amides is 2. The lowest BCUT2D eigenvalue weighted by Gasteiger charge is -2.42. The van der Waals surface area contributed by atoms with Crippen LogP contribution in [0.2, 0.25) is 0 Å². The minimum Gasteiger partial charge on any atom is -0.497 e. The standard InChI is InChI=1S/C29H35Cl3N2O10S/c1-15-22(40-3)21-20(24(42-5)23(15)41-4)19(12-35)34(11-16-7-9-17(39-2)10-8-16)26(36)25(21)45-13-18(27(37)43-6)33-28(38)44-14-29(30,31)32/h7-10,18-19,25,35H,11-14H2,1-6H3,(H,33,38)/t18-,19-,25+/m0/s1. The van der Waals surface area contributed by atoms with E-state index >= 15 is 0 Å². The molecule has 0 saturated carbocycles. The topological polar surface area (TPSA) is 142 Å². The smallest absolute Gasteiger partial charge is 0.408 e. The van der Waals surface area contributed by atoms with Gasteiger partial charge in [-0.15, -0.1) is 11.8 Å². The van der Waals surface area contributed by atoms with Gasteiger partial charge in [-0.2, -0.15) is 0 Å². The molecule has 0 bridgehead atoms. The molecule has 0 unspecified atom stereocenters. The molecule has 0 saturated heterocycles. The van der Waals surface area contributed by atoms with Crippen molar-refractivity contribution in [1.82, 2.24) is 10.2 Å². The predicted octanol–water partition coefficient (Wildman–Crippen LogP) is 4.52. The number of aliphatic hydroxyl groups excluding tert-OH is 1. The van der Waals surface area contributed by atoms with Gasteiger partial charge in [-0.25, -0.2) is 9.59 Å². The van der Waals surface area contributed by atoms with Crippen molar-refractivity contribution in [1.29, 1.82) is 0 Å². The van der Waals surface area contributed by atoms with Crippen LogP contribution < -0.4 is 24.3 Å². The number of nitrogens with zero attached hydrogens (tertiary/aromatic N) is 1. The number of alkyl carbamates (subject to hydrolysis) is 1. The summed E-state index contributed by atoms with van der Waals surface area (Å²) in [5.41, 5.74) is 2.25. The van der Waals surface area contributed by atoms with Gasteiger partial charge in [-0.3, -0.25) is 4.79 Å². The lowest BCUT2D eigenvalue weighted by Crippen LogP contribution is -2.46. The summed E-state index contributed by atoms with van der Waals surface area (Å²) in [6.45, 7) is 0.859. The highest BCUT2D eigenvalue weighted by Gasteiger charge is 2.46. The first-order chi connectivity index (χ1) is 21.3. The first-order valence-electron chi connectivity index (χ1n) is 13.4. The fourth-order valence-corrected chi connectivity index (χ4v) is 6.47. The highest BCUT2D eigenvalue weighted by molar-refractivity contribution is 8.00. The summed E-state index contributed by atoms with van der Waals surface area (Å²) in [4.78, 5) is 41.0. The van der Waals surface area contributed by atoms with Crippen LogP contribution in [0.1, 0.15) is 33.5 Å². The highest BCUT2D eigenvalue weighted by Crippen LogP contribution is 2.55. The summed E-state index contributed by atoms with van der Waals surface area (Å²) in [6.07, 6.45) is -1.03. The minimum absolute atomic E-state index is 0.119. The number of carbonyl (C=O) groups excluding carboxylic acids is 3. The summed E-state index contributed by atoms with van der Waals surface area (Å²) < 4.78 is 30.5. The van der Waals surface area contributed by atoms with Gasteiger partial charge in [0.1, 0.15) is 29.4 Å². The van der Waals surface area contributed by atoms with Crippen molar-refractivity contribution in [3.05, 3.63) is 46.5 Å². The number of esters is 1. The number of nitrogens with one attached hydrogen (secondary N) is 1. The summed E-state index contributed by atoms with van der Waals surface area (Å²) in [5, 5.41) is 12.1. The maximum Gasteiger partial charge on any atom is 0.408 e. The second-order valence-electron chi connectivity index (χ2n) is 9.69. The molecular weight excluding hydrogens is 675 g/mol. The number of alkyl halides is 3. The van der Waals surface area contributed by atoms with Crippen LogP contribution in [-0.2, 0) is 25.6 Å². The zero-order valence-electron chi connectivity index (χ0n) is 25.5. The number of rotatable bonds is 13. The number of benzene rings is 2. The number of thioether (sulfide) groups is 1. The lowest BCUT2D eigenvalue weighted by atomic mass is 9.87. The van der Waals surface area contributed by atoms with E-state index in [9.17, 15) is 19.5 Å². The number of fused-ring (bicyclic) bond motifs is 1. The lowest BCUT2D eigenvalue weighted by molar-refractivity contribution is -0.142. The number of hydrogen-bond acceptors (Lipinski definition) is 11. The van der Waals surface area contributed by atoms with Gasteiger partial charge in [-0.1, -0.05) is 46.9 Å². The Morgan fingerprint density at radius 3 is 2.11 bits per heavy atom. The molecule has 1 aliphatic heterocycles. The zero-order chi connectivity index (χ0) is 33.5. The molecule has 3 rings (SSSR count). The molecule has 0 fully saturated rings. The summed E-state index contributed by atoms with van der Waals surface area (Å²) in [6, 6.07) is 5.05. The summed E-state index contributed by atoms with van der Waals surface area (Å²) >= 11 is 18.0. The van der Waals surface area contributed by atoms with E-state index in [1.807, 2.05) is 12.1 Å². The molecule has 0 radical (unpaired) electrons. The van der Waals surface area contributed by atoms with E-state index in [1.54, 1.807) is 26.2 Å². The number of methoxy groups -OCH3 is 5. The Morgan fingerprint density at radius 1 is 0.978 bits per heavy atom. The third-order valence-electron chi connectivity index (χ3n) is 7.02. The van der Waals surface area contributed by atoms with Gasteiger partial charge in [0.2, 0.25) is 9.70 Å². The van der Waals surface area contributed by atoms with Crippen LogP contribution >= 0.6 is 46.6 Å². The Labute approximate surface area is 280 Å². The maximum absolute atomic E-state index is 14.4. The molecule has 16 heteroatoms.